The maximum Gasteiger partial charge on any atom is 0.411 e. The molecule has 0 bridgehead atoms. The predicted molar refractivity (Wildman–Crippen MR) is 422 cm³/mol. The van der Waals surface area contributed by atoms with Crippen LogP contribution >= 0.6 is 22.7 Å². The Bertz CT molecular complexity index is 4580. The molecule has 8 aliphatic rings. The van der Waals surface area contributed by atoms with Gasteiger partial charge in [0.25, 0.3) is 11.8 Å². The van der Waals surface area contributed by atoms with E-state index >= 15 is 0 Å². The fourth-order valence-electron chi connectivity index (χ4n) is 16.1. The van der Waals surface area contributed by atoms with E-state index in [4.69, 9.17) is 43.6 Å². The van der Waals surface area contributed by atoms with E-state index in [1.54, 1.807) is 35.0 Å². The number of hydrogen-bond donors (Lipinski definition) is 7. The van der Waals surface area contributed by atoms with Gasteiger partial charge in [0.15, 0.2) is 10.3 Å². The maximum atomic E-state index is 14.5. The average molecular weight is 1580 g/mol. The number of rotatable bonds is 16. The SMILES string of the molecule is COc1ccc2c(O[C@@H]3C[C@@H](C(=O)N[C@]45C[C@H]4CCCCCCCCCC4(CC4)S(=O)(=O)NC5=O)N(C(=O)OC(C)(C)C)C3)cc(-c3csc(NC(C)C)n3)nc2c1.COc1ccc2c(O[C@H]3CN[C@H](C(=O)N[C@]45C[C@H]4CCCCCCCCCC4(CC4)S(=O)(=O)NC5=O)C3)cc(-c3csc(NC(C)C)n3)nc2c1. The number of carbonyl (C=O) groups is 5. The van der Waals surface area contributed by atoms with Crippen molar-refractivity contribution >= 4 is 105 Å². The number of nitrogens with zero attached hydrogens (tertiary/aromatic N) is 5. The van der Waals surface area contributed by atoms with Crippen molar-refractivity contribution in [1.82, 2.24) is 50.2 Å². The summed E-state index contributed by atoms with van der Waals surface area (Å²) in [6.45, 7) is 13.9. The van der Waals surface area contributed by atoms with Gasteiger partial charge in [0.2, 0.25) is 31.9 Å². The number of carbonyl (C=O) groups excluding carboxylic acids is 5. The van der Waals surface area contributed by atoms with Crippen molar-refractivity contribution < 1.29 is 64.5 Å². The van der Waals surface area contributed by atoms with E-state index in [1.807, 2.05) is 73.1 Å². The minimum atomic E-state index is -3.97. The quantitative estimate of drug-likeness (QED) is 0.0473. The highest BCUT2D eigenvalue weighted by Crippen LogP contribution is 2.53. The Morgan fingerprint density at radius 1 is 0.560 bits per heavy atom. The van der Waals surface area contributed by atoms with Gasteiger partial charge in [-0.05, 0) is 149 Å². The lowest BCUT2D eigenvalue weighted by Gasteiger charge is -2.29. The molecule has 109 heavy (non-hydrogen) atoms. The number of fused-ring (bicyclic) bond motifs is 4. The summed E-state index contributed by atoms with van der Waals surface area (Å²) in [7, 11) is -4.63. The number of nitrogens with one attached hydrogen (secondary N) is 7. The Kier molecular flexibility index (Phi) is 23.7. The van der Waals surface area contributed by atoms with E-state index in [9.17, 15) is 40.8 Å². The van der Waals surface area contributed by atoms with E-state index in [0.29, 0.717) is 127 Å². The summed E-state index contributed by atoms with van der Waals surface area (Å²) in [5, 5.41) is 23.0. The lowest BCUT2D eigenvalue weighted by molar-refractivity contribution is -0.132. The van der Waals surface area contributed by atoms with Gasteiger partial charge >= 0.3 is 6.09 Å². The lowest BCUT2D eigenvalue weighted by Crippen LogP contribution is -2.57. The van der Waals surface area contributed by atoms with Crippen molar-refractivity contribution in [2.24, 2.45) is 11.8 Å². The average Bonchev–Trinajstić information content (AvgIpc) is 1.57. The molecule has 26 nitrogen and oxygen atoms in total. The van der Waals surface area contributed by atoms with Gasteiger partial charge in [-0.2, -0.15) is 0 Å². The molecule has 30 heteroatoms. The number of methoxy groups -OCH3 is 2. The second-order valence-corrected chi connectivity index (χ2v) is 38.9. The largest absolute Gasteiger partial charge is 0.497 e. The Morgan fingerprint density at radius 3 is 1.44 bits per heavy atom. The molecule has 4 aliphatic carbocycles. The molecule has 0 unspecified atom stereocenters. The van der Waals surface area contributed by atoms with Gasteiger partial charge in [-0.25, -0.2) is 41.6 Å². The zero-order valence-electron chi connectivity index (χ0n) is 64.3. The first-order chi connectivity index (χ1) is 52.0. The molecule has 5 amide bonds. The minimum Gasteiger partial charge on any atom is -0.497 e. The summed E-state index contributed by atoms with van der Waals surface area (Å²) in [5.74, 6) is -0.0584. The summed E-state index contributed by atoms with van der Waals surface area (Å²) < 4.78 is 87.6. The highest BCUT2D eigenvalue weighted by Gasteiger charge is 2.66. The third-order valence-corrected chi connectivity index (χ3v) is 28.8. The highest BCUT2D eigenvalue weighted by molar-refractivity contribution is 7.92. The Balaban J connectivity index is 0.000000193. The molecule has 8 atom stereocenters. The molecule has 4 saturated heterocycles. The molecule has 6 aromatic rings. The molecular weight excluding hydrogens is 1470 g/mol. The van der Waals surface area contributed by atoms with Gasteiger partial charge < -0.3 is 50.3 Å². The Labute approximate surface area is 648 Å². The minimum absolute atomic E-state index is 0.0288. The highest BCUT2D eigenvalue weighted by atomic mass is 32.2. The van der Waals surface area contributed by atoms with Gasteiger partial charge in [0, 0.05) is 77.3 Å². The van der Waals surface area contributed by atoms with E-state index in [0.717, 1.165) is 118 Å². The standard InChI is InChI=1S/C42H58N6O8S2.C37H50N6O6S2/c1-26(2)43-38-45-33(25-57-38)32-22-35(30-16-15-28(54-6)20-31(30)44-32)55-29-21-34(48(24-29)39(51)56-40(3,4)5)36(49)46-42-23-27(42)14-12-10-8-7-9-11-13-17-41(18-19-41)58(52,53)47-37(42)50;1-23(2)39-35-41-31(22-50-35)29-19-32(27-13-12-25(48-3)17-28(27)40-29)49-26-18-30(38-21-26)33(44)42-37-20-24(37)11-9-7-5-4-6-8-10-14-36(15-16-36)51(46,47)43-34(37)45/h15-16,20,22,25-27,29,34H,7-14,17-19,21,23-24H2,1-6H3,(H,43,45)(H,46,49)(H,47,50);12-13,17,19,22-24,26,30,38H,4-11,14-16,18,20-21H2,1-3H3,(H,39,41)(H,42,44)(H,43,45)/t27-,29-,34+,42-;24-,26-,30+,37-/m11/s1. The summed E-state index contributed by atoms with van der Waals surface area (Å²) in [5.41, 5.74) is 0.487. The van der Waals surface area contributed by atoms with E-state index in [1.165, 1.54) is 27.6 Å². The molecule has 2 aromatic carbocycles. The van der Waals surface area contributed by atoms with Crippen LogP contribution in [0.25, 0.3) is 44.6 Å². The van der Waals surface area contributed by atoms with Crippen LogP contribution in [-0.2, 0) is 44.0 Å². The summed E-state index contributed by atoms with van der Waals surface area (Å²) in [4.78, 5) is 90.7. The number of hydrogen-bond acceptors (Lipinski definition) is 23. The van der Waals surface area contributed by atoms with Crippen LogP contribution in [0.4, 0.5) is 15.1 Å². The number of aromatic nitrogens is 4. The fourth-order valence-corrected chi connectivity index (χ4v) is 21.2. The van der Waals surface area contributed by atoms with E-state index in [-0.39, 0.29) is 48.9 Å². The molecule has 8 heterocycles. The molecule has 7 N–H and O–H groups in total. The first-order valence-electron chi connectivity index (χ1n) is 39.3. The molecule has 8 fully saturated rings. The van der Waals surface area contributed by atoms with Crippen LogP contribution in [0.1, 0.15) is 215 Å². The summed E-state index contributed by atoms with van der Waals surface area (Å²) >= 11 is 2.99. The number of thiazole rings is 2. The van der Waals surface area contributed by atoms with Crippen molar-refractivity contribution in [3.05, 3.63) is 59.3 Å². The number of pyridine rings is 2. The molecule has 4 aromatic heterocycles. The first-order valence-corrected chi connectivity index (χ1v) is 44.0. The number of likely N-dealkylation sites (tertiary alicyclic amines) is 1. The predicted octanol–water partition coefficient (Wildman–Crippen LogP) is 13.0. The zero-order chi connectivity index (χ0) is 77.3. The van der Waals surface area contributed by atoms with Crippen LogP contribution in [-0.4, -0.2) is 161 Å². The van der Waals surface area contributed by atoms with E-state index < -0.39 is 88.2 Å². The monoisotopic (exact) mass is 1580 g/mol. The molecule has 14 rings (SSSR count). The second kappa shape index (κ2) is 32.6. The molecule has 4 saturated carbocycles. The normalized spacial score (nSPS) is 26.7. The molecule has 4 aliphatic heterocycles. The summed E-state index contributed by atoms with van der Waals surface area (Å²) in [6, 6.07) is 13.6. The van der Waals surface area contributed by atoms with Crippen LogP contribution in [0.15, 0.2) is 59.3 Å². The van der Waals surface area contributed by atoms with Crippen LogP contribution in [0, 0.1) is 11.8 Å². The lowest BCUT2D eigenvalue weighted by atomic mass is 10.0. The molecule has 592 valence electrons. The Hall–Kier alpha value is -7.67. The second-order valence-electron chi connectivity index (χ2n) is 33.0. The van der Waals surface area contributed by atoms with Gasteiger partial charge in [-0.15, -0.1) is 22.7 Å². The van der Waals surface area contributed by atoms with Crippen LogP contribution in [0.2, 0.25) is 0 Å². The van der Waals surface area contributed by atoms with Crippen molar-refractivity contribution in [1.29, 1.82) is 0 Å². The summed E-state index contributed by atoms with van der Waals surface area (Å²) in [6.07, 6.45) is 18.5. The van der Waals surface area contributed by atoms with Crippen molar-refractivity contribution in [3.63, 3.8) is 0 Å². The number of ether oxygens (including phenoxy) is 5. The van der Waals surface area contributed by atoms with Crippen molar-refractivity contribution in [3.8, 4) is 45.8 Å². The fraction of sp³-hybridized carbons (Fsp3) is 0.633. The van der Waals surface area contributed by atoms with Gasteiger partial charge in [0.1, 0.15) is 69.3 Å². The molecular formula is C79H108N12O14S4. The van der Waals surface area contributed by atoms with Gasteiger partial charge in [0.05, 0.1) is 58.7 Å². The number of anilines is 2. The van der Waals surface area contributed by atoms with Gasteiger partial charge in [-0.1, -0.05) is 89.9 Å². The number of amides is 5. The van der Waals surface area contributed by atoms with Gasteiger partial charge in [-0.3, -0.25) is 33.5 Å². The topological polar surface area (TPSA) is 339 Å². The number of sulfonamides is 2. The Morgan fingerprint density at radius 2 is 1.00 bits per heavy atom. The molecule has 2 spiro atoms. The molecule has 0 radical (unpaired) electrons. The first kappa shape index (κ1) is 79.4. The number of benzene rings is 2. The van der Waals surface area contributed by atoms with Crippen LogP contribution < -0.4 is 55.0 Å². The van der Waals surface area contributed by atoms with Crippen molar-refractivity contribution in [2.75, 3.05) is 37.9 Å². The zero-order valence-corrected chi connectivity index (χ0v) is 67.5. The third-order valence-electron chi connectivity index (χ3n) is 22.8. The van der Waals surface area contributed by atoms with Crippen LogP contribution in [0.5, 0.6) is 23.0 Å². The van der Waals surface area contributed by atoms with E-state index in [2.05, 4.69) is 49.9 Å². The van der Waals surface area contributed by atoms with Crippen LogP contribution in [0.3, 0.4) is 0 Å². The third kappa shape index (κ3) is 18.3. The maximum absolute atomic E-state index is 14.5. The van der Waals surface area contributed by atoms with Crippen molar-refractivity contribution in [2.45, 2.75) is 278 Å². The smallest absolute Gasteiger partial charge is 0.411 e.